The Morgan fingerprint density at radius 3 is 3.10 bits per heavy atom. The van der Waals surface area contributed by atoms with Gasteiger partial charge in [-0.15, -0.1) is 11.3 Å². The number of fused-ring (bicyclic) bond motifs is 1. The van der Waals surface area contributed by atoms with Crippen molar-refractivity contribution in [2.24, 2.45) is 0 Å². The minimum absolute atomic E-state index is 0.119. The number of benzene rings is 1. The number of nitrogens with zero attached hydrogens (tertiary/aromatic N) is 3. The predicted octanol–water partition coefficient (Wildman–Crippen LogP) is 3.22. The van der Waals surface area contributed by atoms with Gasteiger partial charge in [0.15, 0.2) is 10.2 Å². The van der Waals surface area contributed by atoms with Crippen LogP contribution in [0.1, 0.15) is 12.5 Å². The van der Waals surface area contributed by atoms with E-state index >= 15 is 0 Å². The summed E-state index contributed by atoms with van der Waals surface area (Å²) in [5.74, 6) is 0.448. The molecule has 0 fully saturated rings. The zero-order chi connectivity index (χ0) is 14.8. The number of thiazole rings is 1. The first-order valence-electron chi connectivity index (χ1n) is 6.37. The summed E-state index contributed by atoms with van der Waals surface area (Å²) in [5.41, 5.74) is 2.19. The van der Waals surface area contributed by atoms with Crippen molar-refractivity contribution in [3.63, 3.8) is 0 Å². The predicted molar refractivity (Wildman–Crippen MR) is 87.0 cm³/mol. The number of hydrogen-bond acceptors (Lipinski definition) is 5. The van der Waals surface area contributed by atoms with Crippen LogP contribution in [0.3, 0.4) is 0 Å². The first-order chi connectivity index (χ1) is 10.2. The van der Waals surface area contributed by atoms with E-state index in [4.69, 9.17) is 0 Å². The molecule has 2 aromatic heterocycles. The first-order valence-corrected chi connectivity index (χ1v) is 8.41. The van der Waals surface area contributed by atoms with Gasteiger partial charge in [-0.3, -0.25) is 4.79 Å². The molecule has 0 aliphatic rings. The lowest BCUT2D eigenvalue weighted by Gasteiger charge is -2.03. The number of carbonyl (C=O) groups excluding carboxylic acids is 1. The van der Waals surface area contributed by atoms with Crippen molar-refractivity contribution in [1.82, 2.24) is 14.5 Å². The summed E-state index contributed by atoms with van der Waals surface area (Å²) in [6, 6.07) is 6.21. The molecule has 3 aromatic rings. The number of para-hydroxylation sites is 1. The van der Waals surface area contributed by atoms with Crippen LogP contribution in [0.2, 0.25) is 0 Å². The van der Waals surface area contributed by atoms with Crippen LogP contribution >= 0.6 is 23.1 Å². The summed E-state index contributed by atoms with van der Waals surface area (Å²) in [7, 11) is 0. The van der Waals surface area contributed by atoms with Gasteiger partial charge in [-0.2, -0.15) is 0 Å². The Hall–Kier alpha value is -1.86. The van der Waals surface area contributed by atoms with Gasteiger partial charge in [0.05, 0.1) is 23.1 Å². The van der Waals surface area contributed by atoms with E-state index in [9.17, 15) is 4.79 Å². The minimum atomic E-state index is -0.119. The van der Waals surface area contributed by atoms with Gasteiger partial charge < -0.3 is 9.88 Å². The highest BCUT2D eigenvalue weighted by Gasteiger charge is 2.08. The second-order valence-electron chi connectivity index (χ2n) is 4.56. The van der Waals surface area contributed by atoms with Crippen LogP contribution in [0, 0.1) is 0 Å². The van der Waals surface area contributed by atoms with E-state index in [1.165, 1.54) is 11.6 Å². The van der Waals surface area contributed by atoms with E-state index in [0.717, 1.165) is 15.4 Å². The Morgan fingerprint density at radius 2 is 2.33 bits per heavy atom. The molecule has 108 valence electrons. The molecule has 0 aliphatic carbocycles. The third kappa shape index (κ3) is 3.08. The van der Waals surface area contributed by atoms with E-state index in [1.807, 2.05) is 23.1 Å². The van der Waals surface area contributed by atoms with Crippen molar-refractivity contribution < 1.29 is 4.79 Å². The lowest BCUT2D eigenvalue weighted by atomic mass is 10.2. The average molecular weight is 318 g/mol. The number of nitrogens with one attached hydrogen (secondary N) is 1. The van der Waals surface area contributed by atoms with Crippen molar-refractivity contribution in [2.45, 2.75) is 17.8 Å². The Balaban J connectivity index is 1.89. The molecule has 1 N–H and O–H groups in total. The Labute approximate surface area is 130 Å². The molecular formula is C14H14N4OS2. The van der Waals surface area contributed by atoms with Crippen LogP contribution in [0.5, 0.6) is 0 Å². The highest BCUT2D eigenvalue weighted by Crippen LogP contribution is 2.30. The highest BCUT2D eigenvalue weighted by molar-refractivity contribution is 8.00. The first kappa shape index (κ1) is 14.1. The molecule has 0 saturated carbocycles. The maximum atomic E-state index is 11.0. The minimum Gasteiger partial charge on any atom is -0.331 e. The molecule has 0 bridgehead atoms. The van der Waals surface area contributed by atoms with Crippen LogP contribution in [-0.4, -0.2) is 26.7 Å². The molecule has 3 rings (SSSR count). The van der Waals surface area contributed by atoms with Gasteiger partial charge in [0.25, 0.3) is 0 Å². The SMILES string of the molecule is CSc1nc2c(Cn3cnc(NC(C)=O)c3)cccc2s1. The Kier molecular flexibility index (Phi) is 3.94. The summed E-state index contributed by atoms with van der Waals surface area (Å²) in [6.45, 7) is 2.15. The third-order valence-corrected chi connectivity index (χ3v) is 4.95. The number of amides is 1. The largest absolute Gasteiger partial charge is 0.331 e. The van der Waals surface area contributed by atoms with Crippen LogP contribution in [0.25, 0.3) is 10.2 Å². The summed E-state index contributed by atoms with van der Waals surface area (Å²) in [5, 5.41) is 2.67. The molecule has 2 heterocycles. The van der Waals surface area contributed by atoms with Gasteiger partial charge in [-0.25, -0.2) is 9.97 Å². The summed E-state index contributed by atoms with van der Waals surface area (Å²) in [4.78, 5) is 19.8. The average Bonchev–Trinajstić information content (AvgIpc) is 3.05. The van der Waals surface area contributed by atoms with E-state index < -0.39 is 0 Å². The number of carbonyl (C=O) groups is 1. The van der Waals surface area contributed by atoms with Crippen molar-refractivity contribution in [2.75, 3.05) is 11.6 Å². The number of hydrogen-bond donors (Lipinski definition) is 1. The van der Waals surface area contributed by atoms with Gasteiger partial charge in [-0.1, -0.05) is 23.9 Å². The molecular weight excluding hydrogens is 304 g/mol. The summed E-state index contributed by atoms with van der Waals surface area (Å²) >= 11 is 3.37. The summed E-state index contributed by atoms with van der Waals surface area (Å²) in [6.07, 6.45) is 5.57. The van der Waals surface area contributed by atoms with Crippen molar-refractivity contribution in [3.8, 4) is 0 Å². The van der Waals surface area contributed by atoms with E-state index in [1.54, 1.807) is 29.4 Å². The zero-order valence-corrected chi connectivity index (χ0v) is 13.3. The fraction of sp³-hybridized carbons (Fsp3) is 0.214. The van der Waals surface area contributed by atoms with Crippen LogP contribution < -0.4 is 5.32 Å². The van der Waals surface area contributed by atoms with E-state index in [0.29, 0.717) is 12.4 Å². The van der Waals surface area contributed by atoms with Gasteiger partial charge in [0, 0.05) is 13.1 Å². The quantitative estimate of drug-likeness (QED) is 0.750. The number of anilines is 1. The normalized spacial score (nSPS) is 11.0. The summed E-state index contributed by atoms with van der Waals surface area (Å²) < 4.78 is 4.21. The lowest BCUT2D eigenvalue weighted by molar-refractivity contribution is -0.114. The molecule has 7 heteroatoms. The number of thioether (sulfide) groups is 1. The fourth-order valence-corrected chi connectivity index (χ4v) is 3.62. The molecule has 0 saturated heterocycles. The third-order valence-electron chi connectivity index (χ3n) is 2.95. The molecule has 0 radical (unpaired) electrons. The molecule has 21 heavy (non-hydrogen) atoms. The van der Waals surface area contributed by atoms with Crippen molar-refractivity contribution >= 4 is 45.0 Å². The van der Waals surface area contributed by atoms with E-state index in [-0.39, 0.29) is 5.91 Å². The molecule has 5 nitrogen and oxygen atoms in total. The lowest BCUT2D eigenvalue weighted by Crippen LogP contribution is -2.05. The second-order valence-corrected chi connectivity index (χ2v) is 6.64. The maximum absolute atomic E-state index is 11.0. The molecule has 1 aromatic carbocycles. The maximum Gasteiger partial charge on any atom is 0.222 e. The van der Waals surface area contributed by atoms with Gasteiger partial charge >= 0.3 is 0 Å². The molecule has 0 aliphatic heterocycles. The number of aromatic nitrogens is 3. The highest BCUT2D eigenvalue weighted by atomic mass is 32.2. The van der Waals surface area contributed by atoms with E-state index in [2.05, 4.69) is 27.4 Å². The molecule has 0 unspecified atom stereocenters. The second kappa shape index (κ2) is 5.87. The molecule has 0 spiro atoms. The van der Waals surface area contributed by atoms with Crippen molar-refractivity contribution in [3.05, 3.63) is 36.3 Å². The zero-order valence-electron chi connectivity index (χ0n) is 11.7. The molecule has 0 atom stereocenters. The number of imidazole rings is 1. The smallest absolute Gasteiger partial charge is 0.222 e. The van der Waals surface area contributed by atoms with Crippen LogP contribution in [0.4, 0.5) is 5.82 Å². The fourth-order valence-electron chi connectivity index (χ4n) is 2.09. The van der Waals surface area contributed by atoms with Gasteiger partial charge in [0.2, 0.25) is 5.91 Å². The van der Waals surface area contributed by atoms with Gasteiger partial charge in [-0.05, 0) is 17.9 Å². The monoisotopic (exact) mass is 318 g/mol. The topological polar surface area (TPSA) is 59.8 Å². The van der Waals surface area contributed by atoms with Crippen LogP contribution in [-0.2, 0) is 11.3 Å². The van der Waals surface area contributed by atoms with Gasteiger partial charge in [0.1, 0.15) is 0 Å². The number of rotatable bonds is 4. The molecule has 1 amide bonds. The Bertz CT molecular complexity index is 793. The van der Waals surface area contributed by atoms with Crippen molar-refractivity contribution in [1.29, 1.82) is 0 Å². The Morgan fingerprint density at radius 1 is 1.48 bits per heavy atom. The van der Waals surface area contributed by atoms with Crippen LogP contribution in [0.15, 0.2) is 35.1 Å². The standard InChI is InChI=1S/C14H14N4OS2/c1-9(19)16-12-7-18(8-15-12)6-10-4-3-5-11-13(10)17-14(20-2)21-11/h3-5,7-8H,6H2,1-2H3,(H,16,19).